The van der Waals surface area contributed by atoms with Crippen molar-refractivity contribution in [2.75, 3.05) is 23.9 Å². The summed E-state index contributed by atoms with van der Waals surface area (Å²) in [5.74, 6) is 0.181. The first-order chi connectivity index (χ1) is 16.1. The predicted molar refractivity (Wildman–Crippen MR) is 142 cm³/mol. The second-order valence-electron chi connectivity index (χ2n) is 10.7. The number of likely N-dealkylation sites (N-methyl/N-ethyl adjacent to an activating group) is 2. The summed E-state index contributed by atoms with van der Waals surface area (Å²) >= 11 is 0. The number of fused-ring (bicyclic) bond motifs is 2. The Morgan fingerprint density at radius 3 is 1.41 bits per heavy atom. The topological polar surface area (TPSA) is 23.6 Å². The second-order valence-corrected chi connectivity index (χ2v) is 10.7. The molecule has 3 nitrogen and oxygen atoms in total. The quantitative estimate of drug-likeness (QED) is 0.469. The molecule has 2 aromatic carbocycles. The normalized spacial score (nSPS) is 25.2. The first-order valence-corrected chi connectivity index (χ1v) is 12.2. The maximum Gasteiger partial charge on any atom is 0.185 e. The van der Waals surface area contributed by atoms with Crippen molar-refractivity contribution in [2.45, 2.75) is 51.4 Å². The predicted octanol–water partition coefficient (Wildman–Crippen LogP) is 6.83. The molecule has 34 heavy (non-hydrogen) atoms. The Morgan fingerprint density at radius 1 is 0.647 bits per heavy atom. The van der Waals surface area contributed by atoms with Crippen molar-refractivity contribution in [1.29, 1.82) is 0 Å². The molecule has 5 rings (SSSR count). The summed E-state index contributed by atoms with van der Waals surface area (Å²) in [7, 11) is 4.23. The largest absolute Gasteiger partial charge is 0.347 e. The smallest absolute Gasteiger partial charge is 0.185 e. The van der Waals surface area contributed by atoms with Crippen LogP contribution in [0.25, 0.3) is 0 Å². The number of hydrogen-bond donors (Lipinski definition) is 0. The van der Waals surface area contributed by atoms with Gasteiger partial charge in [-0.3, -0.25) is 4.79 Å². The number of nitrogens with zero attached hydrogens (tertiary/aromatic N) is 2. The van der Waals surface area contributed by atoms with E-state index in [1.807, 2.05) is 0 Å². The van der Waals surface area contributed by atoms with E-state index < -0.39 is 0 Å². The van der Waals surface area contributed by atoms with Gasteiger partial charge in [-0.25, -0.2) is 0 Å². The molecule has 0 bridgehead atoms. The summed E-state index contributed by atoms with van der Waals surface area (Å²) in [6, 6.07) is 17.1. The average molecular weight is 451 g/mol. The van der Waals surface area contributed by atoms with Crippen LogP contribution in [0.15, 0.2) is 95.4 Å². The van der Waals surface area contributed by atoms with E-state index in [0.717, 1.165) is 24.0 Å². The molecule has 0 N–H and O–H groups in total. The maximum atomic E-state index is 13.2. The third kappa shape index (κ3) is 3.29. The van der Waals surface area contributed by atoms with Gasteiger partial charge in [0, 0.05) is 58.8 Å². The first-order valence-electron chi connectivity index (χ1n) is 12.2. The number of rotatable bonds is 2. The summed E-state index contributed by atoms with van der Waals surface area (Å²) < 4.78 is 0. The number of para-hydroxylation sites is 2. The molecule has 0 spiro atoms. The highest BCUT2D eigenvalue weighted by Gasteiger charge is 2.39. The van der Waals surface area contributed by atoms with E-state index in [-0.39, 0.29) is 16.6 Å². The van der Waals surface area contributed by atoms with Crippen LogP contribution in [-0.4, -0.2) is 19.9 Å². The molecule has 174 valence electrons. The average Bonchev–Trinajstić information content (AvgIpc) is 3.33. The minimum absolute atomic E-state index is 0.0826. The summed E-state index contributed by atoms with van der Waals surface area (Å²) in [6.07, 6.45) is 10.0. The van der Waals surface area contributed by atoms with Gasteiger partial charge in [-0.2, -0.15) is 0 Å². The minimum atomic E-state index is -0.0826. The number of carbonyl (C=O) groups excluding carboxylic acids is 1. The van der Waals surface area contributed by atoms with Crippen molar-refractivity contribution < 1.29 is 4.79 Å². The van der Waals surface area contributed by atoms with Gasteiger partial charge in [0.15, 0.2) is 5.78 Å². The number of carbonyl (C=O) groups is 1. The van der Waals surface area contributed by atoms with Crippen molar-refractivity contribution in [1.82, 2.24) is 0 Å². The molecule has 0 aromatic heterocycles. The highest BCUT2D eigenvalue weighted by atomic mass is 16.1. The Morgan fingerprint density at radius 2 is 1.03 bits per heavy atom. The third-order valence-electron chi connectivity index (χ3n) is 8.01. The van der Waals surface area contributed by atoms with Gasteiger partial charge < -0.3 is 9.80 Å². The lowest BCUT2D eigenvalue weighted by Gasteiger charge is -2.23. The zero-order valence-electron chi connectivity index (χ0n) is 21.1. The molecule has 0 radical (unpaired) electrons. The monoisotopic (exact) mass is 450 g/mol. The molecule has 1 fully saturated rings. The highest BCUT2D eigenvalue weighted by molar-refractivity contribution is 6.11. The number of hydrogen-bond acceptors (Lipinski definition) is 3. The van der Waals surface area contributed by atoms with E-state index in [4.69, 9.17) is 0 Å². The molecule has 0 unspecified atom stereocenters. The molecule has 1 aliphatic carbocycles. The standard InChI is InChI=1S/C31H34N2O/c1-30(2)23-11-7-9-13-25(23)32(5)27(30)19-17-21-15-16-22(29(21)34)18-20-28-31(3,4)24-12-8-10-14-26(24)33(28)6/h7-14,17-20H,15-16H2,1-6H3/b21-17+,22-18+,27-19+,28-20+. The van der Waals surface area contributed by atoms with Crippen molar-refractivity contribution in [3.63, 3.8) is 0 Å². The molecule has 1 saturated carbocycles. The molecule has 2 heterocycles. The Labute approximate surface area is 203 Å². The van der Waals surface area contributed by atoms with Gasteiger partial charge in [-0.1, -0.05) is 76.2 Å². The number of allylic oxidation sites excluding steroid dienone is 8. The van der Waals surface area contributed by atoms with Gasteiger partial charge in [0.1, 0.15) is 0 Å². The summed E-state index contributed by atoms with van der Waals surface area (Å²) in [5.41, 5.74) is 9.23. The van der Waals surface area contributed by atoms with Crippen LogP contribution < -0.4 is 9.80 Å². The molecular formula is C31H34N2O. The lowest BCUT2D eigenvalue weighted by molar-refractivity contribution is -0.111. The van der Waals surface area contributed by atoms with Crippen molar-refractivity contribution in [2.24, 2.45) is 0 Å². The van der Waals surface area contributed by atoms with E-state index in [2.05, 4.69) is 124 Å². The Balaban J connectivity index is 1.41. The van der Waals surface area contributed by atoms with Gasteiger partial charge in [-0.15, -0.1) is 0 Å². The molecule has 2 aliphatic heterocycles. The van der Waals surface area contributed by atoms with E-state index in [9.17, 15) is 4.79 Å². The second kappa shape index (κ2) is 7.87. The van der Waals surface area contributed by atoms with Crippen LogP contribution in [0.4, 0.5) is 11.4 Å². The van der Waals surface area contributed by atoms with Gasteiger partial charge in [-0.05, 0) is 48.3 Å². The number of Topliss-reactive ketones (excluding diaryl/α,β-unsaturated/α-hetero) is 1. The van der Waals surface area contributed by atoms with Gasteiger partial charge in [0.2, 0.25) is 0 Å². The van der Waals surface area contributed by atoms with Crippen LogP contribution in [0.2, 0.25) is 0 Å². The SMILES string of the molecule is CN1/C(=C/C=C2\CC/C(=C\C=C3\N(C)c4ccccc4C3(C)C)C2=O)C(C)(C)c2ccccc21. The van der Waals surface area contributed by atoms with Crippen molar-refractivity contribution >= 4 is 17.2 Å². The van der Waals surface area contributed by atoms with E-state index in [0.29, 0.717) is 0 Å². The summed E-state index contributed by atoms with van der Waals surface area (Å²) in [6.45, 7) is 9.02. The lowest BCUT2D eigenvalue weighted by atomic mass is 9.83. The molecular weight excluding hydrogens is 416 g/mol. The van der Waals surface area contributed by atoms with Crippen LogP contribution in [-0.2, 0) is 15.6 Å². The Bertz CT molecular complexity index is 1200. The molecule has 0 atom stereocenters. The third-order valence-corrected chi connectivity index (χ3v) is 8.01. The fourth-order valence-electron chi connectivity index (χ4n) is 5.98. The molecule has 3 heteroatoms. The van der Waals surface area contributed by atoms with E-state index >= 15 is 0 Å². The van der Waals surface area contributed by atoms with Gasteiger partial charge in [0.25, 0.3) is 0 Å². The summed E-state index contributed by atoms with van der Waals surface area (Å²) in [5, 5.41) is 0. The zero-order chi connectivity index (χ0) is 24.3. The molecule has 0 amide bonds. The molecule has 3 aliphatic rings. The zero-order valence-corrected chi connectivity index (χ0v) is 21.1. The minimum Gasteiger partial charge on any atom is -0.347 e. The van der Waals surface area contributed by atoms with Crippen LogP contribution in [0.1, 0.15) is 51.7 Å². The number of benzene rings is 2. The van der Waals surface area contributed by atoms with Crippen molar-refractivity contribution in [3.8, 4) is 0 Å². The Kier molecular flexibility index (Phi) is 5.20. The summed E-state index contributed by atoms with van der Waals surface area (Å²) in [4.78, 5) is 17.7. The van der Waals surface area contributed by atoms with Crippen LogP contribution in [0.3, 0.4) is 0 Å². The first kappa shape index (κ1) is 22.5. The highest BCUT2D eigenvalue weighted by Crippen LogP contribution is 2.48. The van der Waals surface area contributed by atoms with E-state index in [1.54, 1.807) is 0 Å². The number of anilines is 2. The van der Waals surface area contributed by atoms with Crippen LogP contribution in [0.5, 0.6) is 0 Å². The lowest BCUT2D eigenvalue weighted by Crippen LogP contribution is -2.22. The molecule has 0 saturated heterocycles. The van der Waals surface area contributed by atoms with Gasteiger partial charge in [0.05, 0.1) is 0 Å². The fraction of sp³-hybridized carbons (Fsp3) is 0.323. The van der Waals surface area contributed by atoms with Crippen molar-refractivity contribution in [3.05, 3.63) is 107 Å². The van der Waals surface area contributed by atoms with Crippen LogP contribution >= 0.6 is 0 Å². The fourth-order valence-corrected chi connectivity index (χ4v) is 5.98. The maximum absolute atomic E-state index is 13.2. The van der Waals surface area contributed by atoms with Crippen LogP contribution in [0, 0.1) is 0 Å². The number of ketones is 1. The van der Waals surface area contributed by atoms with Gasteiger partial charge >= 0.3 is 0 Å². The molecule has 2 aromatic rings. The van der Waals surface area contributed by atoms with E-state index in [1.165, 1.54) is 33.9 Å². The Hall–Kier alpha value is -3.33.